The molecule has 0 saturated carbocycles. The summed E-state index contributed by atoms with van der Waals surface area (Å²) in [6.45, 7) is 0. The fourth-order valence-electron chi connectivity index (χ4n) is 2.38. The van der Waals surface area contributed by atoms with Crippen LogP contribution in [0.25, 0.3) is 11.0 Å². The summed E-state index contributed by atoms with van der Waals surface area (Å²) >= 11 is 3.51. The third-order valence-electron chi connectivity index (χ3n) is 3.51. The molecule has 2 aromatic heterocycles. The molecule has 0 bridgehead atoms. The number of H-pyrrole nitrogens is 1. The zero-order chi connectivity index (χ0) is 16.2. The van der Waals surface area contributed by atoms with Crippen molar-refractivity contribution in [1.82, 2.24) is 15.0 Å². The summed E-state index contributed by atoms with van der Waals surface area (Å²) in [6, 6.07) is 20.8. The summed E-state index contributed by atoms with van der Waals surface area (Å²) in [6.07, 6.45) is 3.63. The largest absolute Gasteiger partial charge is 0.341 e. The second kappa shape index (κ2) is 9.88. The topological polar surface area (TPSA) is 41.6 Å². The summed E-state index contributed by atoms with van der Waals surface area (Å²) in [4.78, 5) is 15.8. The minimum Gasteiger partial charge on any atom is -0.341 e. The van der Waals surface area contributed by atoms with E-state index >= 15 is 0 Å². The molecular weight excluding hydrogens is 405 g/mol. The molecule has 0 fully saturated rings. The Morgan fingerprint density at radius 3 is 2.35 bits per heavy atom. The summed E-state index contributed by atoms with van der Waals surface area (Å²) in [5.74, 6) is 1.84. The van der Waals surface area contributed by atoms with Crippen molar-refractivity contribution in [3.8, 4) is 0 Å². The van der Waals surface area contributed by atoms with Crippen LogP contribution in [0.5, 0.6) is 0 Å². The van der Waals surface area contributed by atoms with Gasteiger partial charge in [0.1, 0.15) is 5.82 Å². The Bertz CT molecular complexity index is 947. The second-order valence-electron chi connectivity index (χ2n) is 5.25. The highest BCUT2D eigenvalue weighted by molar-refractivity contribution is 7.99. The number of imidazole rings is 1. The van der Waals surface area contributed by atoms with Gasteiger partial charge in [0.25, 0.3) is 0 Å². The van der Waals surface area contributed by atoms with Gasteiger partial charge in [0, 0.05) is 27.1 Å². The maximum absolute atomic E-state index is 4.73. The van der Waals surface area contributed by atoms with Gasteiger partial charge in [-0.05, 0) is 42.5 Å². The first-order chi connectivity index (χ1) is 11.9. The predicted octanol–water partition coefficient (Wildman–Crippen LogP) is 6.25. The monoisotopic (exact) mass is 421 g/mol. The molecule has 0 spiro atoms. The van der Waals surface area contributed by atoms with Crippen LogP contribution in [0.1, 0.15) is 5.82 Å². The Balaban J connectivity index is 0.00000121. The van der Waals surface area contributed by atoms with E-state index in [0.717, 1.165) is 22.6 Å². The highest BCUT2D eigenvalue weighted by Gasteiger charge is 2.06. The Hall–Kier alpha value is -1.66. The van der Waals surface area contributed by atoms with Crippen LogP contribution in [0.3, 0.4) is 0 Å². The average Bonchev–Trinajstić information content (AvgIpc) is 3.04. The van der Waals surface area contributed by atoms with Crippen molar-refractivity contribution in [3.63, 3.8) is 0 Å². The third-order valence-corrected chi connectivity index (χ3v) is 5.53. The van der Waals surface area contributed by atoms with E-state index < -0.39 is 0 Å². The number of aromatic amines is 1. The molecule has 0 radical (unpaired) electrons. The SMILES string of the molecule is Cl.Cl.c1ccc(SCc2nc3cc(Sc4ccncc4)ccc3[nH]2)cc1. The van der Waals surface area contributed by atoms with Gasteiger partial charge in [0.2, 0.25) is 0 Å². The van der Waals surface area contributed by atoms with Crippen molar-refractivity contribution >= 4 is 59.4 Å². The standard InChI is InChI=1S/C19H15N3S2.2ClH/c1-2-4-14(5-3-1)23-13-19-21-17-7-6-16(12-18(17)22-19)24-15-8-10-20-11-9-15;;/h1-12H,13H2,(H,21,22);2*1H. The molecule has 0 aliphatic rings. The minimum absolute atomic E-state index is 0. The highest BCUT2D eigenvalue weighted by Crippen LogP contribution is 2.29. The van der Waals surface area contributed by atoms with Crippen molar-refractivity contribution < 1.29 is 0 Å². The number of thioether (sulfide) groups is 1. The van der Waals surface area contributed by atoms with Crippen LogP contribution in [0.2, 0.25) is 0 Å². The first-order valence-electron chi connectivity index (χ1n) is 7.61. The Morgan fingerprint density at radius 1 is 0.808 bits per heavy atom. The molecule has 26 heavy (non-hydrogen) atoms. The lowest BCUT2D eigenvalue weighted by Crippen LogP contribution is -1.82. The van der Waals surface area contributed by atoms with Crippen molar-refractivity contribution in [2.45, 2.75) is 20.4 Å². The van der Waals surface area contributed by atoms with Gasteiger partial charge in [0.05, 0.1) is 16.8 Å². The quantitative estimate of drug-likeness (QED) is 0.386. The van der Waals surface area contributed by atoms with Crippen LogP contribution < -0.4 is 0 Å². The second-order valence-corrected chi connectivity index (χ2v) is 7.44. The highest BCUT2D eigenvalue weighted by atomic mass is 35.5. The lowest BCUT2D eigenvalue weighted by atomic mass is 10.3. The number of aromatic nitrogens is 3. The average molecular weight is 422 g/mol. The zero-order valence-corrected chi connectivity index (χ0v) is 16.9. The fraction of sp³-hybridized carbons (Fsp3) is 0.0526. The number of nitrogens with one attached hydrogen (secondary N) is 1. The Morgan fingerprint density at radius 2 is 1.58 bits per heavy atom. The van der Waals surface area contributed by atoms with Crippen LogP contribution in [-0.2, 0) is 5.75 Å². The lowest BCUT2D eigenvalue weighted by Gasteiger charge is -2.00. The van der Waals surface area contributed by atoms with E-state index in [-0.39, 0.29) is 24.8 Å². The molecule has 3 nitrogen and oxygen atoms in total. The van der Waals surface area contributed by atoms with E-state index in [4.69, 9.17) is 4.98 Å². The number of halogens is 2. The molecule has 134 valence electrons. The normalized spacial score (nSPS) is 10.2. The zero-order valence-electron chi connectivity index (χ0n) is 13.7. The number of nitrogens with zero attached hydrogens (tertiary/aromatic N) is 2. The fourth-order valence-corrected chi connectivity index (χ4v) is 4.01. The van der Waals surface area contributed by atoms with Gasteiger partial charge in [-0.2, -0.15) is 0 Å². The van der Waals surface area contributed by atoms with E-state index in [0.29, 0.717) is 0 Å². The van der Waals surface area contributed by atoms with Gasteiger partial charge in [0.15, 0.2) is 0 Å². The van der Waals surface area contributed by atoms with Gasteiger partial charge in [-0.25, -0.2) is 4.98 Å². The molecule has 2 aromatic carbocycles. The molecule has 0 unspecified atom stereocenters. The molecule has 0 aliphatic carbocycles. The summed E-state index contributed by atoms with van der Waals surface area (Å²) in [7, 11) is 0. The van der Waals surface area contributed by atoms with Gasteiger partial charge < -0.3 is 4.98 Å². The van der Waals surface area contributed by atoms with Gasteiger partial charge in [-0.1, -0.05) is 30.0 Å². The van der Waals surface area contributed by atoms with E-state index in [1.165, 1.54) is 14.7 Å². The Labute approximate surface area is 173 Å². The molecule has 0 amide bonds. The number of rotatable bonds is 5. The van der Waals surface area contributed by atoms with Crippen molar-refractivity contribution in [2.75, 3.05) is 0 Å². The summed E-state index contributed by atoms with van der Waals surface area (Å²) < 4.78 is 0. The summed E-state index contributed by atoms with van der Waals surface area (Å²) in [5, 5.41) is 0. The van der Waals surface area contributed by atoms with Crippen LogP contribution >= 0.6 is 48.3 Å². The van der Waals surface area contributed by atoms with Gasteiger partial charge >= 0.3 is 0 Å². The molecule has 0 saturated heterocycles. The third kappa shape index (κ3) is 5.17. The maximum Gasteiger partial charge on any atom is 0.117 e. The van der Waals surface area contributed by atoms with Crippen LogP contribution in [0, 0.1) is 0 Å². The summed E-state index contributed by atoms with van der Waals surface area (Å²) in [5.41, 5.74) is 2.09. The molecule has 0 aliphatic heterocycles. The van der Waals surface area contributed by atoms with Crippen LogP contribution in [0.15, 0.2) is 87.7 Å². The molecule has 0 atom stereocenters. The van der Waals surface area contributed by atoms with Gasteiger partial charge in [-0.3, -0.25) is 4.98 Å². The molecule has 4 rings (SSSR count). The number of hydrogen-bond acceptors (Lipinski definition) is 4. The van der Waals surface area contributed by atoms with Crippen LogP contribution in [0.4, 0.5) is 0 Å². The van der Waals surface area contributed by atoms with E-state index in [2.05, 4.69) is 52.4 Å². The first-order valence-corrected chi connectivity index (χ1v) is 9.41. The number of hydrogen-bond donors (Lipinski definition) is 1. The van der Waals surface area contributed by atoms with Gasteiger partial charge in [-0.15, -0.1) is 36.6 Å². The predicted molar refractivity (Wildman–Crippen MR) is 115 cm³/mol. The maximum atomic E-state index is 4.73. The molecular formula is C19H17Cl2N3S2. The minimum atomic E-state index is 0. The molecule has 4 aromatic rings. The molecule has 7 heteroatoms. The molecule has 2 heterocycles. The van der Waals surface area contributed by atoms with Crippen molar-refractivity contribution in [3.05, 3.63) is 78.9 Å². The number of benzene rings is 2. The lowest BCUT2D eigenvalue weighted by molar-refractivity contribution is 1.14. The number of fused-ring (bicyclic) bond motifs is 1. The van der Waals surface area contributed by atoms with E-state index in [9.17, 15) is 0 Å². The smallest absolute Gasteiger partial charge is 0.117 e. The molecule has 1 N–H and O–H groups in total. The Kier molecular flexibility index (Phi) is 7.85. The van der Waals surface area contributed by atoms with E-state index in [1.807, 2.05) is 30.6 Å². The van der Waals surface area contributed by atoms with Crippen LogP contribution in [-0.4, -0.2) is 15.0 Å². The van der Waals surface area contributed by atoms with E-state index in [1.54, 1.807) is 23.5 Å². The van der Waals surface area contributed by atoms with Crippen molar-refractivity contribution in [1.29, 1.82) is 0 Å². The number of pyridine rings is 1. The first kappa shape index (κ1) is 20.6. The van der Waals surface area contributed by atoms with Crippen molar-refractivity contribution in [2.24, 2.45) is 0 Å².